The number of carbonyl (C=O) groups excluding carboxylic acids is 1. The Morgan fingerprint density at radius 3 is 2.80 bits per heavy atom. The second kappa shape index (κ2) is 7.01. The van der Waals surface area contributed by atoms with Crippen molar-refractivity contribution in [3.05, 3.63) is 52.7 Å². The van der Waals surface area contributed by atoms with Crippen LogP contribution in [0.3, 0.4) is 0 Å². The Bertz CT molecular complexity index is 929. The SMILES string of the molecule is CCCn1cnnc1CNC(=O)c1cc(C)nc2c(C)c(C)ccc12. The smallest absolute Gasteiger partial charge is 0.252 e. The third-order valence-corrected chi connectivity index (χ3v) is 4.45. The van der Waals surface area contributed by atoms with E-state index >= 15 is 0 Å². The molecule has 0 saturated carbocycles. The molecule has 1 aromatic carbocycles. The zero-order valence-corrected chi connectivity index (χ0v) is 15.1. The molecule has 1 N–H and O–H groups in total. The summed E-state index contributed by atoms with van der Waals surface area (Å²) in [5, 5.41) is 11.9. The molecule has 3 rings (SSSR count). The molecular formula is C19H23N5O. The Balaban J connectivity index is 1.89. The summed E-state index contributed by atoms with van der Waals surface area (Å²) in [7, 11) is 0. The molecule has 1 amide bonds. The van der Waals surface area contributed by atoms with E-state index in [0.717, 1.165) is 41.0 Å². The van der Waals surface area contributed by atoms with E-state index in [1.165, 1.54) is 5.56 Å². The van der Waals surface area contributed by atoms with Crippen LogP contribution in [-0.2, 0) is 13.1 Å². The lowest BCUT2D eigenvalue weighted by atomic mass is 10.0. The number of pyridine rings is 1. The molecule has 6 heteroatoms. The van der Waals surface area contributed by atoms with Crippen molar-refractivity contribution in [3.63, 3.8) is 0 Å². The van der Waals surface area contributed by atoms with Crippen LogP contribution in [0.25, 0.3) is 10.9 Å². The van der Waals surface area contributed by atoms with E-state index in [9.17, 15) is 4.79 Å². The van der Waals surface area contributed by atoms with Crippen LogP contribution < -0.4 is 5.32 Å². The summed E-state index contributed by atoms with van der Waals surface area (Å²) in [5.74, 6) is 0.641. The number of hydrogen-bond acceptors (Lipinski definition) is 4. The predicted molar refractivity (Wildman–Crippen MR) is 97.4 cm³/mol. The van der Waals surface area contributed by atoms with Gasteiger partial charge in [0.1, 0.15) is 6.33 Å². The van der Waals surface area contributed by atoms with Crippen molar-refractivity contribution >= 4 is 16.8 Å². The molecule has 130 valence electrons. The van der Waals surface area contributed by atoms with Gasteiger partial charge in [-0.15, -0.1) is 10.2 Å². The number of aromatic nitrogens is 4. The molecule has 0 bridgehead atoms. The molecule has 6 nitrogen and oxygen atoms in total. The van der Waals surface area contributed by atoms with Crippen LogP contribution in [0.15, 0.2) is 24.5 Å². The van der Waals surface area contributed by atoms with Crippen molar-refractivity contribution in [1.82, 2.24) is 25.1 Å². The van der Waals surface area contributed by atoms with Gasteiger partial charge in [-0.1, -0.05) is 19.1 Å². The van der Waals surface area contributed by atoms with Crippen molar-refractivity contribution in [2.45, 2.75) is 47.2 Å². The van der Waals surface area contributed by atoms with Crippen LogP contribution in [0.1, 0.15) is 46.3 Å². The largest absolute Gasteiger partial charge is 0.345 e. The average Bonchev–Trinajstić information content (AvgIpc) is 3.03. The van der Waals surface area contributed by atoms with E-state index in [2.05, 4.69) is 34.3 Å². The Kier molecular flexibility index (Phi) is 4.79. The van der Waals surface area contributed by atoms with Crippen molar-refractivity contribution in [2.75, 3.05) is 0 Å². The summed E-state index contributed by atoms with van der Waals surface area (Å²) >= 11 is 0. The number of fused-ring (bicyclic) bond motifs is 1. The van der Waals surface area contributed by atoms with Gasteiger partial charge in [-0.25, -0.2) is 0 Å². The monoisotopic (exact) mass is 337 g/mol. The topological polar surface area (TPSA) is 72.7 Å². The Labute approximate surface area is 147 Å². The fraction of sp³-hybridized carbons (Fsp3) is 0.368. The Hall–Kier alpha value is -2.76. The summed E-state index contributed by atoms with van der Waals surface area (Å²) < 4.78 is 1.96. The van der Waals surface area contributed by atoms with Gasteiger partial charge in [0.05, 0.1) is 17.6 Å². The van der Waals surface area contributed by atoms with E-state index in [0.29, 0.717) is 12.1 Å². The lowest BCUT2D eigenvalue weighted by Gasteiger charge is -2.12. The summed E-state index contributed by atoms with van der Waals surface area (Å²) in [6.07, 6.45) is 2.69. The second-order valence-corrected chi connectivity index (χ2v) is 6.34. The molecule has 2 heterocycles. The molecule has 0 fully saturated rings. The van der Waals surface area contributed by atoms with Crippen molar-refractivity contribution in [1.29, 1.82) is 0 Å². The number of carbonyl (C=O) groups is 1. The fourth-order valence-electron chi connectivity index (χ4n) is 2.94. The maximum atomic E-state index is 12.8. The Morgan fingerprint density at radius 1 is 1.24 bits per heavy atom. The highest BCUT2D eigenvalue weighted by Gasteiger charge is 2.15. The van der Waals surface area contributed by atoms with Gasteiger partial charge in [-0.2, -0.15) is 0 Å². The molecule has 0 spiro atoms. The minimum Gasteiger partial charge on any atom is -0.345 e. The van der Waals surface area contributed by atoms with Crippen LogP contribution in [-0.4, -0.2) is 25.7 Å². The maximum Gasteiger partial charge on any atom is 0.252 e. The molecule has 0 radical (unpaired) electrons. The van der Waals surface area contributed by atoms with E-state index in [4.69, 9.17) is 0 Å². The van der Waals surface area contributed by atoms with E-state index in [1.807, 2.05) is 36.6 Å². The average molecular weight is 337 g/mol. The molecule has 0 aliphatic rings. The number of rotatable bonds is 5. The number of hydrogen-bond donors (Lipinski definition) is 1. The van der Waals surface area contributed by atoms with Gasteiger partial charge in [-0.05, 0) is 44.4 Å². The first-order valence-corrected chi connectivity index (χ1v) is 8.53. The van der Waals surface area contributed by atoms with Gasteiger partial charge in [0, 0.05) is 17.6 Å². The number of aryl methyl sites for hydroxylation is 4. The second-order valence-electron chi connectivity index (χ2n) is 6.34. The fourth-order valence-corrected chi connectivity index (χ4v) is 2.94. The standard InChI is InChI=1S/C19H23N5O/c1-5-8-24-11-21-23-17(24)10-20-19(25)16-9-13(3)22-18-14(4)12(2)6-7-15(16)18/h6-7,9,11H,5,8,10H2,1-4H3,(H,20,25). The molecule has 2 aromatic heterocycles. The highest BCUT2D eigenvalue weighted by Crippen LogP contribution is 2.24. The summed E-state index contributed by atoms with van der Waals surface area (Å²) in [5.41, 5.74) is 4.65. The molecular weight excluding hydrogens is 314 g/mol. The normalized spacial score (nSPS) is 11.0. The zero-order chi connectivity index (χ0) is 18.0. The van der Waals surface area contributed by atoms with E-state index in [1.54, 1.807) is 6.33 Å². The first kappa shape index (κ1) is 17.1. The maximum absolute atomic E-state index is 12.8. The zero-order valence-electron chi connectivity index (χ0n) is 15.1. The minimum atomic E-state index is -0.121. The van der Waals surface area contributed by atoms with Gasteiger partial charge < -0.3 is 9.88 Å². The first-order chi connectivity index (χ1) is 12.0. The third kappa shape index (κ3) is 3.38. The van der Waals surface area contributed by atoms with Gasteiger partial charge in [0.2, 0.25) is 0 Å². The van der Waals surface area contributed by atoms with Crippen LogP contribution in [0.5, 0.6) is 0 Å². The van der Waals surface area contributed by atoms with Crippen LogP contribution in [0.4, 0.5) is 0 Å². The van der Waals surface area contributed by atoms with Crippen molar-refractivity contribution in [3.8, 4) is 0 Å². The molecule has 0 unspecified atom stereocenters. The molecule has 0 aliphatic heterocycles. The molecule has 25 heavy (non-hydrogen) atoms. The predicted octanol–water partition coefficient (Wildman–Crippen LogP) is 3.09. The number of amides is 1. The van der Waals surface area contributed by atoms with Crippen molar-refractivity contribution in [2.24, 2.45) is 0 Å². The van der Waals surface area contributed by atoms with Gasteiger partial charge in [0.25, 0.3) is 5.91 Å². The van der Waals surface area contributed by atoms with Gasteiger partial charge in [-0.3, -0.25) is 9.78 Å². The number of nitrogens with zero attached hydrogens (tertiary/aromatic N) is 4. The third-order valence-electron chi connectivity index (χ3n) is 4.45. The van der Waals surface area contributed by atoms with Crippen LogP contribution >= 0.6 is 0 Å². The summed E-state index contributed by atoms with van der Waals surface area (Å²) in [6.45, 7) is 9.30. The van der Waals surface area contributed by atoms with Crippen LogP contribution in [0.2, 0.25) is 0 Å². The van der Waals surface area contributed by atoms with Crippen LogP contribution in [0, 0.1) is 20.8 Å². The number of benzene rings is 1. The summed E-state index contributed by atoms with van der Waals surface area (Å²) in [6, 6.07) is 5.84. The van der Waals surface area contributed by atoms with Gasteiger partial charge in [0.15, 0.2) is 5.82 Å². The summed E-state index contributed by atoms with van der Waals surface area (Å²) in [4.78, 5) is 17.4. The van der Waals surface area contributed by atoms with E-state index < -0.39 is 0 Å². The molecule has 3 aromatic rings. The first-order valence-electron chi connectivity index (χ1n) is 8.53. The highest BCUT2D eigenvalue weighted by atomic mass is 16.1. The minimum absolute atomic E-state index is 0.121. The molecule has 0 aliphatic carbocycles. The molecule has 0 atom stereocenters. The van der Waals surface area contributed by atoms with Crippen molar-refractivity contribution < 1.29 is 4.79 Å². The van der Waals surface area contributed by atoms with E-state index in [-0.39, 0.29) is 5.91 Å². The lowest BCUT2D eigenvalue weighted by Crippen LogP contribution is -2.25. The molecule has 0 saturated heterocycles. The number of nitrogens with one attached hydrogen (secondary N) is 1. The van der Waals surface area contributed by atoms with Gasteiger partial charge >= 0.3 is 0 Å². The highest BCUT2D eigenvalue weighted by molar-refractivity contribution is 6.06. The Morgan fingerprint density at radius 2 is 2.04 bits per heavy atom. The lowest BCUT2D eigenvalue weighted by molar-refractivity contribution is 0.0951. The quantitative estimate of drug-likeness (QED) is 0.776.